The number of carbonyl (C=O) groups is 2. The molecular weight excluding hydrogens is 366 g/mol. The highest BCUT2D eigenvalue weighted by Crippen LogP contribution is 2.20. The number of hydrogen-bond donors (Lipinski definition) is 0. The van der Waals surface area contributed by atoms with Gasteiger partial charge in [0.2, 0.25) is 11.8 Å². The summed E-state index contributed by atoms with van der Waals surface area (Å²) in [5.41, 5.74) is 1.18. The van der Waals surface area contributed by atoms with E-state index >= 15 is 0 Å². The van der Waals surface area contributed by atoms with E-state index in [0.29, 0.717) is 32.7 Å². The topological polar surface area (TPSA) is 62.7 Å². The molecule has 6 nitrogen and oxygen atoms in total. The molecular formula is C23H29N3O3. The minimum absolute atomic E-state index is 0.00191. The maximum absolute atomic E-state index is 12.7. The molecule has 1 aromatic heterocycles. The van der Waals surface area contributed by atoms with Gasteiger partial charge in [0.25, 0.3) is 0 Å². The Morgan fingerprint density at radius 3 is 2.48 bits per heavy atom. The average Bonchev–Trinajstić information content (AvgIpc) is 2.78. The van der Waals surface area contributed by atoms with Gasteiger partial charge in [-0.15, -0.1) is 0 Å². The first kappa shape index (κ1) is 20.8. The van der Waals surface area contributed by atoms with Crippen molar-refractivity contribution in [2.45, 2.75) is 25.7 Å². The van der Waals surface area contributed by atoms with Gasteiger partial charge >= 0.3 is 0 Å². The normalized spacial score (nSPS) is 14.4. The second-order valence-electron chi connectivity index (χ2n) is 7.43. The van der Waals surface area contributed by atoms with Crippen molar-refractivity contribution < 1.29 is 14.3 Å². The number of piperidine rings is 1. The molecule has 2 heterocycles. The molecule has 1 aromatic carbocycles. The number of aromatic nitrogens is 1. The maximum Gasteiger partial charge on any atom is 0.225 e. The van der Waals surface area contributed by atoms with E-state index in [-0.39, 0.29) is 17.7 Å². The van der Waals surface area contributed by atoms with Gasteiger partial charge in [0.15, 0.2) is 0 Å². The van der Waals surface area contributed by atoms with Crippen molar-refractivity contribution in [2.24, 2.45) is 5.92 Å². The lowest BCUT2D eigenvalue weighted by atomic mass is 9.95. The van der Waals surface area contributed by atoms with Gasteiger partial charge in [0, 0.05) is 45.0 Å². The summed E-state index contributed by atoms with van der Waals surface area (Å²) in [6.07, 6.45) is 6.18. The first-order chi connectivity index (χ1) is 14.1. The number of pyridine rings is 1. The summed E-state index contributed by atoms with van der Waals surface area (Å²) in [4.78, 5) is 32.8. The Hall–Kier alpha value is -2.89. The first-order valence-corrected chi connectivity index (χ1v) is 10.2. The van der Waals surface area contributed by atoms with Gasteiger partial charge in [0.05, 0.1) is 13.0 Å². The third-order valence-electron chi connectivity index (χ3n) is 5.39. The van der Waals surface area contributed by atoms with Crippen LogP contribution in [0, 0.1) is 5.92 Å². The number of hydrogen-bond acceptors (Lipinski definition) is 4. The van der Waals surface area contributed by atoms with Gasteiger partial charge in [-0.2, -0.15) is 0 Å². The maximum atomic E-state index is 12.7. The van der Waals surface area contributed by atoms with Crippen LogP contribution in [0.1, 0.15) is 24.8 Å². The minimum Gasteiger partial charge on any atom is -0.493 e. The van der Waals surface area contributed by atoms with Crippen LogP contribution >= 0.6 is 0 Å². The second-order valence-corrected chi connectivity index (χ2v) is 7.43. The number of para-hydroxylation sites is 1. The van der Waals surface area contributed by atoms with E-state index < -0.39 is 0 Å². The molecule has 0 saturated carbocycles. The number of likely N-dealkylation sites (tertiary alicyclic amines) is 1. The molecule has 29 heavy (non-hydrogen) atoms. The summed E-state index contributed by atoms with van der Waals surface area (Å²) >= 11 is 0. The van der Waals surface area contributed by atoms with Gasteiger partial charge in [0.1, 0.15) is 5.75 Å². The van der Waals surface area contributed by atoms with Gasteiger partial charge in [-0.05, 0) is 49.1 Å². The van der Waals surface area contributed by atoms with E-state index in [9.17, 15) is 9.59 Å². The summed E-state index contributed by atoms with van der Waals surface area (Å²) in [5, 5.41) is 0. The number of carbonyl (C=O) groups excluding carboxylic acids is 2. The molecule has 1 saturated heterocycles. The van der Waals surface area contributed by atoms with Crippen LogP contribution in [-0.2, 0) is 16.0 Å². The molecule has 6 heteroatoms. The van der Waals surface area contributed by atoms with E-state index in [1.807, 2.05) is 59.3 Å². The summed E-state index contributed by atoms with van der Waals surface area (Å²) in [6, 6.07) is 13.5. The fraction of sp³-hybridized carbons (Fsp3) is 0.435. The fourth-order valence-corrected chi connectivity index (χ4v) is 3.57. The molecule has 1 fully saturated rings. The lowest BCUT2D eigenvalue weighted by Crippen LogP contribution is -2.44. The Balaban J connectivity index is 1.36. The van der Waals surface area contributed by atoms with Crippen LogP contribution < -0.4 is 4.74 Å². The predicted molar refractivity (Wildman–Crippen MR) is 111 cm³/mol. The molecule has 0 spiro atoms. The predicted octanol–water partition coefficient (Wildman–Crippen LogP) is 2.79. The van der Waals surface area contributed by atoms with Crippen LogP contribution in [0.5, 0.6) is 5.75 Å². The van der Waals surface area contributed by atoms with Crippen molar-refractivity contribution >= 4 is 11.8 Å². The Morgan fingerprint density at radius 2 is 1.79 bits per heavy atom. The largest absolute Gasteiger partial charge is 0.493 e. The highest BCUT2D eigenvalue weighted by atomic mass is 16.5. The van der Waals surface area contributed by atoms with Crippen molar-refractivity contribution in [1.29, 1.82) is 0 Å². The minimum atomic E-state index is 0.00191. The molecule has 0 N–H and O–H groups in total. The van der Waals surface area contributed by atoms with E-state index in [1.165, 1.54) is 5.56 Å². The third kappa shape index (κ3) is 6.31. The van der Waals surface area contributed by atoms with Crippen molar-refractivity contribution in [3.05, 3.63) is 60.4 Å². The van der Waals surface area contributed by atoms with Crippen LogP contribution in [-0.4, -0.2) is 59.9 Å². The third-order valence-corrected chi connectivity index (χ3v) is 5.39. The van der Waals surface area contributed by atoms with Gasteiger partial charge < -0.3 is 14.5 Å². The molecule has 2 aromatic rings. The summed E-state index contributed by atoms with van der Waals surface area (Å²) in [5.74, 6) is 1.05. The van der Waals surface area contributed by atoms with Gasteiger partial charge in [-0.3, -0.25) is 14.6 Å². The molecule has 1 aliphatic rings. The lowest BCUT2D eigenvalue weighted by molar-refractivity contribution is -0.140. The van der Waals surface area contributed by atoms with Crippen molar-refractivity contribution in [3.8, 4) is 5.75 Å². The number of amides is 2. The first-order valence-electron chi connectivity index (χ1n) is 10.2. The van der Waals surface area contributed by atoms with E-state index in [0.717, 1.165) is 25.0 Å². The molecule has 0 atom stereocenters. The number of rotatable bonds is 8. The Morgan fingerprint density at radius 1 is 1.10 bits per heavy atom. The zero-order valence-corrected chi connectivity index (χ0v) is 17.0. The number of nitrogens with zero attached hydrogens (tertiary/aromatic N) is 3. The SMILES string of the molecule is CN(CCc1ccncc1)C(=O)C1CCN(C(=O)CCOc2ccccc2)CC1. The van der Waals surface area contributed by atoms with Crippen LogP contribution in [0.25, 0.3) is 0 Å². The number of benzene rings is 1. The summed E-state index contributed by atoms with van der Waals surface area (Å²) in [7, 11) is 1.86. The standard InChI is InChI=1S/C23H29N3O3/c1-25(15-9-19-7-13-24-14-8-19)23(28)20-10-16-26(17-11-20)22(27)12-18-29-21-5-3-2-4-6-21/h2-8,13-14,20H,9-12,15-18H2,1H3. The van der Waals surface area contributed by atoms with Crippen molar-refractivity contribution in [1.82, 2.24) is 14.8 Å². The zero-order valence-electron chi connectivity index (χ0n) is 17.0. The Labute approximate surface area is 172 Å². The van der Waals surface area contributed by atoms with Crippen LogP contribution in [0.3, 0.4) is 0 Å². The Bertz CT molecular complexity index is 774. The Kier molecular flexibility index (Phi) is 7.61. The molecule has 0 unspecified atom stereocenters. The van der Waals surface area contributed by atoms with E-state index in [2.05, 4.69) is 4.98 Å². The second kappa shape index (κ2) is 10.6. The molecule has 1 aliphatic heterocycles. The molecule has 2 amide bonds. The average molecular weight is 396 g/mol. The number of likely N-dealkylation sites (N-methyl/N-ethyl adjacent to an activating group) is 1. The van der Waals surface area contributed by atoms with E-state index in [1.54, 1.807) is 12.4 Å². The molecule has 0 bridgehead atoms. The van der Waals surface area contributed by atoms with Gasteiger partial charge in [-0.1, -0.05) is 18.2 Å². The monoisotopic (exact) mass is 395 g/mol. The van der Waals surface area contributed by atoms with Crippen LogP contribution in [0.15, 0.2) is 54.9 Å². The smallest absolute Gasteiger partial charge is 0.225 e. The molecule has 0 radical (unpaired) electrons. The molecule has 3 rings (SSSR count). The van der Waals surface area contributed by atoms with Crippen LogP contribution in [0.4, 0.5) is 0 Å². The molecule has 154 valence electrons. The summed E-state index contributed by atoms with van der Waals surface area (Å²) in [6.45, 7) is 2.34. The highest BCUT2D eigenvalue weighted by molar-refractivity contribution is 5.80. The quantitative estimate of drug-likeness (QED) is 0.690. The van der Waals surface area contributed by atoms with Crippen LogP contribution in [0.2, 0.25) is 0 Å². The lowest BCUT2D eigenvalue weighted by Gasteiger charge is -2.33. The van der Waals surface area contributed by atoms with E-state index in [4.69, 9.17) is 4.74 Å². The van der Waals surface area contributed by atoms with Gasteiger partial charge in [-0.25, -0.2) is 0 Å². The fourth-order valence-electron chi connectivity index (χ4n) is 3.57. The summed E-state index contributed by atoms with van der Waals surface area (Å²) < 4.78 is 5.61. The number of ether oxygens (including phenoxy) is 1. The molecule has 0 aliphatic carbocycles. The zero-order chi connectivity index (χ0) is 20.5. The van der Waals surface area contributed by atoms with Crippen molar-refractivity contribution in [2.75, 3.05) is 33.3 Å². The highest BCUT2D eigenvalue weighted by Gasteiger charge is 2.28. The van der Waals surface area contributed by atoms with Crippen molar-refractivity contribution in [3.63, 3.8) is 0 Å².